The summed E-state index contributed by atoms with van der Waals surface area (Å²) in [5.74, 6) is 1.52. The highest BCUT2D eigenvalue weighted by molar-refractivity contribution is 7.99. The Balaban J connectivity index is 1.26. The van der Waals surface area contributed by atoms with Crippen LogP contribution < -0.4 is 5.32 Å². The molecule has 3 aromatic heterocycles. The number of carbonyl (C=O) groups is 1. The van der Waals surface area contributed by atoms with Crippen molar-refractivity contribution in [2.75, 3.05) is 17.7 Å². The van der Waals surface area contributed by atoms with Gasteiger partial charge in [0.1, 0.15) is 5.76 Å². The van der Waals surface area contributed by atoms with Crippen LogP contribution in [-0.4, -0.2) is 44.1 Å². The van der Waals surface area contributed by atoms with Gasteiger partial charge in [-0.25, -0.2) is 4.98 Å². The summed E-state index contributed by atoms with van der Waals surface area (Å²) in [6.07, 6.45) is 3.79. The average molecular weight is 516 g/mol. The highest BCUT2D eigenvalue weighted by atomic mass is 35.5. The Kier molecular flexibility index (Phi) is 7.00. The number of nitrogens with one attached hydrogen (secondary N) is 1. The van der Waals surface area contributed by atoms with Crippen LogP contribution in [0.3, 0.4) is 0 Å². The summed E-state index contributed by atoms with van der Waals surface area (Å²) in [5.41, 5.74) is 2.63. The maximum absolute atomic E-state index is 12.6. The van der Waals surface area contributed by atoms with Gasteiger partial charge in [0.25, 0.3) is 0 Å². The SMILES string of the molecule is Cc1occc1-c1nnc(SCC(=O)Nc2nc(-c3ccc(Cl)cc3)cs2)n1CC1CCCO1. The first-order valence-corrected chi connectivity index (χ1v) is 13.0. The molecule has 0 spiro atoms. The fourth-order valence-electron chi connectivity index (χ4n) is 3.74. The molecule has 1 unspecified atom stereocenters. The summed E-state index contributed by atoms with van der Waals surface area (Å²) in [6.45, 7) is 3.30. The first kappa shape index (κ1) is 23.1. The molecule has 4 aromatic rings. The van der Waals surface area contributed by atoms with Crippen LogP contribution in [-0.2, 0) is 16.1 Å². The summed E-state index contributed by atoms with van der Waals surface area (Å²) < 4.78 is 13.3. The van der Waals surface area contributed by atoms with E-state index in [-0.39, 0.29) is 17.8 Å². The third-order valence-electron chi connectivity index (χ3n) is 5.45. The number of anilines is 1. The summed E-state index contributed by atoms with van der Waals surface area (Å²) in [6, 6.07) is 9.32. The number of aromatic nitrogens is 4. The van der Waals surface area contributed by atoms with Crippen molar-refractivity contribution in [2.24, 2.45) is 0 Å². The van der Waals surface area contributed by atoms with E-state index >= 15 is 0 Å². The van der Waals surface area contributed by atoms with Crippen molar-refractivity contribution in [3.05, 3.63) is 52.8 Å². The molecule has 1 N–H and O–H groups in total. The number of amides is 1. The Labute approximate surface area is 209 Å². The van der Waals surface area contributed by atoms with Crippen molar-refractivity contribution >= 4 is 45.7 Å². The number of ether oxygens (including phenoxy) is 1. The van der Waals surface area contributed by atoms with Crippen LogP contribution in [0.2, 0.25) is 5.02 Å². The largest absolute Gasteiger partial charge is 0.469 e. The van der Waals surface area contributed by atoms with E-state index in [1.165, 1.54) is 23.1 Å². The van der Waals surface area contributed by atoms with Gasteiger partial charge in [0.2, 0.25) is 5.91 Å². The molecule has 1 aliphatic rings. The number of aryl methyl sites for hydroxylation is 1. The van der Waals surface area contributed by atoms with Crippen LogP contribution in [0.1, 0.15) is 18.6 Å². The van der Waals surface area contributed by atoms with Crippen molar-refractivity contribution in [3.63, 3.8) is 0 Å². The molecule has 1 saturated heterocycles. The number of nitrogens with zero attached hydrogens (tertiary/aromatic N) is 4. The summed E-state index contributed by atoms with van der Waals surface area (Å²) in [7, 11) is 0. The van der Waals surface area contributed by atoms with Crippen LogP contribution in [0, 0.1) is 6.92 Å². The van der Waals surface area contributed by atoms with Crippen molar-refractivity contribution in [2.45, 2.75) is 37.6 Å². The van der Waals surface area contributed by atoms with Crippen molar-refractivity contribution in [3.8, 4) is 22.6 Å². The van der Waals surface area contributed by atoms with Crippen LogP contribution >= 0.6 is 34.7 Å². The van der Waals surface area contributed by atoms with E-state index in [1.807, 2.05) is 47.2 Å². The van der Waals surface area contributed by atoms with Gasteiger partial charge in [0.15, 0.2) is 16.1 Å². The molecule has 8 nitrogen and oxygen atoms in total. The van der Waals surface area contributed by atoms with Crippen LogP contribution in [0.15, 0.2) is 51.5 Å². The lowest BCUT2D eigenvalue weighted by atomic mass is 10.2. The van der Waals surface area contributed by atoms with Gasteiger partial charge in [-0.1, -0.05) is 35.5 Å². The third kappa shape index (κ3) is 5.20. The normalized spacial score (nSPS) is 15.6. The van der Waals surface area contributed by atoms with Gasteiger partial charge in [-0.15, -0.1) is 21.5 Å². The molecule has 4 heterocycles. The highest BCUT2D eigenvalue weighted by Crippen LogP contribution is 2.30. The molecule has 1 atom stereocenters. The Morgan fingerprint density at radius 3 is 2.88 bits per heavy atom. The molecule has 0 radical (unpaired) electrons. The number of hydrogen-bond donors (Lipinski definition) is 1. The highest BCUT2D eigenvalue weighted by Gasteiger charge is 2.23. The minimum atomic E-state index is -0.158. The lowest BCUT2D eigenvalue weighted by Crippen LogP contribution is -2.18. The maximum Gasteiger partial charge on any atom is 0.236 e. The quantitative estimate of drug-likeness (QED) is 0.308. The fourth-order valence-corrected chi connectivity index (χ4v) is 5.35. The first-order chi connectivity index (χ1) is 16.6. The molecule has 1 amide bonds. The number of carbonyl (C=O) groups excluding carboxylic acids is 1. The van der Waals surface area contributed by atoms with Crippen LogP contribution in [0.4, 0.5) is 5.13 Å². The number of hydrogen-bond acceptors (Lipinski definition) is 8. The second-order valence-electron chi connectivity index (χ2n) is 7.82. The lowest BCUT2D eigenvalue weighted by molar-refractivity contribution is -0.113. The van der Waals surface area contributed by atoms with Gasteiger partial charge in [-0.3, -0.25) is 9.36 Å². The first-order valence-electron chi connectivity index (χ1n) is 10.8. The van der Waals surface area contributed by atoms with E-state index in [2.05, 4.69) is 20.5 Å². The fraction of sp³-hybridized carbons (Fsp3) is 0.304. The number of benzene rings is 1. The van der Waals surface area contributed by atoms with Crippen LogP contribution in [0.25, 0.3) is 22.6 Å². The zero-order valence-electron chi connectivity index (χ0n) is 18.4. The predicted molar refractivity (Wildman–Crippen MR) is 133 cm³/mol. The molecule has 5 rings (SSSR count). The summed E-state index contributed by atoms with van der Waals surface area (Å²) in [5, 5.41) is 15.4. The van der Waals surface area contributed by atoms with Crippen molar-refractivity contribution in [1.29, 1.82) is 0 Å². The topological polar surface area (TPSA) is 95.1 Å². The second-order valence-corrected chi connectivity index (χ2v) is 10.1. The van der Waals surface area contributed by atoms with E-state index in [9.17, 15) is 4.79 Å². The van der Waals surface area contributed by atoms with Gasteiger partial charge in [0, 0.05) is 22.6 Å². The van der Waals surface area contributed by atoms with Crippen LogP contribution in [0.5, 0.6) is 0 Å². The Hall–Kier alpha value is -2.66. The minimum absolute atomic E-state index is 0.108. The molecule has 176 valence electrons. The van der Waals surface area contributed by atoms with E-state index < -0.39 is 0 Å². The monoisotopic (exact) mass is 515 g/mol. The second kappa shape index (κ2) is 10.3. The number of halogens is 1. The molecule has 0 bridgehead atoms. The van der Waals surface area contributed by atoms with Crippen molar-refractivity contribution < 1.29 is 13.9 Å². The van der Waals surface area contributed by atoms with Gasteiger partial charge in [0.05, 0.1) is 35.9 Å². The molecule has 1 aromatic carbocycles. The Morgan fingerprint density at radius 2 is 2.15 bits per heavy atom. The van der Waals surface area contributed by atoms with E-state index in [0.29, 0.717) is 21.9 Å². The Morgan fingerprint density at radius 1 is 1.29 bits per heavy atom. The number of furan rings is 1. The maximum atomic E-state index is 12.6. The smallest absolute Gasteiger partial charge is 0.236 e. The molecule has 34 heavy (non-hydrogen) atoms. The minimum Gasteiger partial charge on any atom is -0.469 e. The van der Waals surface area contributed by atoms with Gasteiger partial charge < -0.3 is 14.5 Å². The molecule has 1 fully saturated rings. The van der Waals surface area contributed by atoms with Gasteiger partial charge >= 0.3 is 0 Å². The number of thioether (sulfide) groups is 1. The standard InChI is InChI=1S/C23H22ClN5O3S2/c1-14-18(8-10-31-14)21-27-28-23(29(21)11-17-3-2-9-32-17)34-13-20(30)26-22-25-19(12-33-22)15-4-6-16(24)7-5-15/h4-8,10,12,17H,2-3,9,11,13H2,1H3,(H,25,26,30). The summed E-state index contributed by atoms with van der Waals surface area (Å²) in [4.78, 5) is 17.2. The average Bonchev–Trinajstić information content (AvgIpc) is 3.62. The van der Waals surface area contributed by atoms with E-state index in [1.54, 1.807) is 6.26 Å². The number of thiazole rings is 1. The predicted octanol–water partition coefficient (Wildman–Crippen LogP) is 5.53. The van der Waals surface area contributed by atoms with Gasteiger partial charge in [-0.2, -0.15) is 0 Å². The molecular formula is C23H22ClN5O3S2. The molecular weight excluding hydrogens is 494 g/mol. The molecule has 0 aliphatic carbocycles. The zero-order valence-corrected chi connectivity index (χ0v) is 20.8. The lowest BCUT2D eigenvalue weighted by Gasteiger charge is -2.14. The molecule has 0 saturated carbocycles. The van der Waals surface area contributed by atoms with Gasteiger partial charge in [-0.05, 0) is 38.0 Å². The van der Waals surface area contributed by atoms with E-state index in [4.69, 9.17) is 20.8 Å². The zero-order chi connectivity index (χ0) is 23.5. The third-order valence-corrected chi connectivity index (χ3v) is 7.43. The Bertz CT molecular complexity index is 1280. The molecule has 1 aliphatic heterocycles. The van der Waals surface area contributed by atoms with E-state index in [0.717, 1.165) is 47.9 Å². The number of rotatable bonds is 8. The summed E-state index contributed by atoms with van der Waals surface area (Å²) >= 11 is 8.68. The molecule has 11 heteroatoms. The van der Waals surface area contributed by atoms with Crippen molar-refractivity contribution in [1.82, 2.24) is 19.7 Å².